The van der Waals surface area contributed by atoms with Crippen molar-refractivity contribution in [2.24, 2.45) is 0 Å². The molecule has 0 atom stereocenters. The first-order valence-corrected chi connectivity index (χ1v) is 8.24. The fourth-order valence-corrected chi connectivity index (χ4v) is 2.43. The first-order chi connectivity index (χ1) is 12.6. The zero-order chi connectivity index (χ0) is 18.4. The van der Waals surface area contributed by atoms with Crippen molar-refractivity contribution in [3.8, 4) is 0 Å². The molecule has 0 aliphatic rings. The largest absolute Gasteiger partial charge is 0.467 e. The van der Waals surface area contributed by atoms with Gasteiger partial charge in [-0.25, -0.2) is 4.98 Å². The number of furan rings is 1. The summed E-state index contributed by atoms with van der Waals surface area (Å²) in [4.78, 5) is 28.7. The number of amides is 2. The Morgan fingerprint density at radius 2 is 1.58 bits per heavy atom. The van der Waals surface area contributed by atoms with Gasteiger partial charge in [0.05, 0.1) is 12.8 Å². The van der Waals surface area contributed by atoms with Gasteiger partial charge in [0, 0.05) is 6.54 Å². The Hall–Kier alpha value is -3.41. The van der Waals surface area contributed by atoms with Gasteiger partial charge in [0.15, 0.2) is 0 Å². The fraction of sp³-hybridized carbons (Fsp3) is 0.150. The van der Waals surface area contributed by atoms with Gasteiger partial charge in [-0.15, -0.1) is 0 Å². The van der Waals surface area contributed by atoms with Crippen molar-refractivity contribution in [1.82, 2.24) is 15.6 Å². The highest BCUT2D eigenvalue weighted by Crippen LogP contribution is 2.07. The summed E-state index contributed by atoms with van der Waals surface area (Å²) in [6.07, 6.45) is 1.54. The van der Waals surface area contributed by atoms with E-state index in [1.54, 1.807) is 36.6 Å². The molecular formula is C20H19N3O3. The number of hydrogen-bond acceptors (Lipinski definition) is 4. The predicted molar refractivity (Wildman–Crippen MR) is 96.5 cm³/mol. The lowest BCUT2D eigenvalue weighted by atomic mass is 10.1. The van der Waals surface area contributed by atoms with Crippen LogP contribution in [0.15, 0.2) is 65.3 Å². The molecule has 2 aromatic heterocycles. The Balaban J connectivity index is 1.61. The van der Waals surface area contributed by atoms with Crippen molar-refractivity contribution in [3.63, 3.8) is 0 Å². The van der Waals surface area contributed by atoms with Crippen LogP contribution in [0.4, 0.5) is 0 Å². The van der Waals surface area contributed by atoms with Crippen LogP contribution in [-0.4, -0.2) is 16.8 Å². The van der Waals surface area contributed by atoms with E-state index >= 15 is 0 Å². The molecule has 0 bridgehead atoms. The van der Waals surface area contributed by atoms with Crippen LogP contribution >= 0.6 is 0 Å². The van der Waals surface area contributed by atoms with Gasteiger partial charge in [-0.05, 0) is 42.3 Å². The first-order valence-electron chi connectivity index (χ1n) is 8.24. The number of nitrogens with one attached hydrogen (secondary N) is 2. The fourth-order valence-electron chi connectivity index (χ4n) is 2.43. The maximum absolute atomic E-state index is 12.3. The van der Waals surface area contributed by atoms with Crippen LogP contribution in [0, 0.1) is 6.92 Å². The number of hydrogen-bond donors (Lipinski definition) is 2. The molecule has 0 fully saturated rings. The Morgan fingerprint density at radius 3 is 2.23 bits per heavy atom. The summed E-state index contributed by atoms with van der Waals surface area (Å²) in [5.74, 6) is -0.0469. The minimum absolute atomic E-state index is 0.181. The minimum atomic E-state index is -0.366. The van der Waals surface area contributed by atoms with Crippen molar-refractivity contribution < 1.29 is 14.0 Å². The molecule has 1 aromatic carbocycles. The van der Waals surface area contributed by atoms with Gasteiger partial charge in [0.25, 0.3) is 11.8 Å². The van der Waals surface area contributed by atoms with Crippen LogP contribution < -0.4 is 10.6 Å². The normalized spacial score (nSPS) is 10.3. The van der Waals surface area contributed by atoms with Gasteiger partial charge in [0.1, 0.15) is 17.1 Å². The van der Waals surface area contributed by atoms with Crippen molar-refractivity contribution in [1.29, 1.82) is 0 Å². The molecule has 0 saturated carbocycles. The summed E-state index contributed by atoms with van der Waals surface area (Å²) in [6, 6.07) is 16.1. The lowest BCUT2D eigenvalue weighted by Crippen LogP contribution is -2.27. The highest BCUT2D eigenvalue weighted by molar-refractivity contribution is 5.96. The number of benzene rings is 1. The molecule has 0 saturated heterocycles. The lowest BCUT2D eigenvalue weighted by molar-refractivity contribution is 0.0939. The molecule has 0 radical (unpaired) electrons. The van der Waals surface area contributed by atoms with Gasteiger partial charge in [-0.2, -0.15) is 0 Å². The Labute approximate surface area is 151 Å². The topological polar surface area (TPSA) is 84.2 Å². The van der Waals surface area contributed by atoms with Gasteiger partial charge in [-0.3, -0.25) is 9.59 Å². The van der Waals surface area contributed by atoms with Crippen molar-refractivity contribution in [2.75, 3.05) is 0 Å². The summed E-state index contributed by atoms with van der Waals surface area (Å²) in [6.45, 7) is 2.66. The van der Waals surface area contributed by atoms with Gasteiger partial charge >= 0.3 is 0 Å². The lowest BCUT2D eigenvalue weighted by Gasteiger charge is -2.08. The minimum Gasteiger partial charge on any atom is -0.467 e. The molecule has 0 aliphatic heterocycles. The summed E-state index contributed by atoms with van der Waals surface area (Å²) in [5.41, 5.74) is 2.52. The van der Waals surface area contributed by atoms with Gasteiger partial charge < -0.3 is 15.1 Å². The second kappa shape index (κ2) is 8.11. The number of aromatic nitrogens is 1. The molecule has 2 amide bonds. The van der Waals surface area contributed by atoms with E-state index in [0.717, 1.165) is 11.1 Å². The number of pyridine rings is 1. The van der Waals surface area contributed by atoms with Crippen LogP contribution in [0.25, 0.3) is 0 Å². The van der Waals surface area contributed by atoms with Crippen LogP contribution in [0.2, 0.25) is 0 Å². The van der Waals surface area contributed by atoms with E-state index in [2.05, 4.69) is 15.6 Å². The Morgan fingerprint density at radius 1 is 0.885 bits per heavy atom. The maximum atomic E-state index is 12.3. The smallest absolute Gasteiger partial charge is 0.270 e. The summed E-state index contributed by atoms with van der Waals surface area (Å²) in [7, 11) is 0. The second-order valence-corrected chi connectivity index (χ2v) is 5.78. The molecule has 3 aromatic rings. The summed E-state index contributed by atoms with van der Waals surface area (Å²) >= 11 is 0. The van der Waals surface area contributed by atoms with Crippen molar-refractivity contribution in [3.05, 3.63) is 89.1 Å². The molecule has 6 nitrogen and oxygen atoms in total. The third kappa shape index (κ3) is 4.36. The molecule has 0 unspecified atom stereocenters. The molecule has 0 spiro atoms. The average Bonchev–Trinajstić information content (AvgIpc) is 3.19. The molecule has 132 valence electrons. The quantitative estimate of drug-likeness (QED) is 0.717. The monoisotopic (exact) mass is 349 g/mol. The maximum Gasteiger partial charge on any atom is 0.270 e. The van der Waals surface area contributed by atoms with Crippen LogP contribution in [-0.2, 0) is 13.1 Å². The second-order valence-electron chi connectivity index (χ2n) is 5.78. The summed E-state index contributed by atoms with van der Waals surface area (Å²) < 4.78 is 5.17. The zero-order valence-electron chi connectivity index (χ0n) is 14.4. The highest BCUT2D eigenvalue weighted by Gasteiger charge is 2.12. The SMILES string of the molecule is Cc1ccccc1CNC(=O)c1cccc(C(=O)NCc2ccco2)n1. The van der Waals surface area contributed by atoms with E-state index in [9.17, 15) is 9.59 Å². The predicted octanol–water partition coefficient (Wildman–Crippen LogP) is 2.84. The van der Waals surface area contributed by atoms with Gasteiger partial charge in [0.2, 0.25) is 0 Å². The van der Waals surface area contributed by atoms with Crippen molar-refractivity contribution >= 4 is 11.8 Å². The van der Waals surface area contributed by atoms with E-state index in [1.165, 1.54) is 0 Å². The Kier molecular flexibility index (Phi) is 5.43. The van der Waals surface area contributed by atoms with E-state index in [1.807, 2.05) is 31.2 Å². The van der Waals surface area contributed by atoms with Crippen LogP contribution in [0.3, 0.4) is 0 Å². The van der Waals surface area contributed by atoms with Crippen LogP contribution in [0.5, 0.6) is 0 Å². The highest BCUT2D eigenvalue weighted by atomic mass is 16.3. The van der Waals surface area contributed by atoms with Crippen LogP contribution in [0.1, 0.15) is 37.9 Å². The molecule has 0 aliphatic carbocycles. The average molecular weight is 349 g/mol. The van der Waals surface area contributed by atoms with Crippen molar-refractivity contribution in [2.45, 2.75) is 20.0 Å². The standard InChI is InChI=1S/C20H19N3O3/c1-14-6-2-3-7-15(14)12-21-19(24)17-9-4-10-18(23-17)20(25)22-13-16-8-5-11-26-16/h2-11H,12-13H2,1H3,(H,21,24)(H,22,25). The molecule has 2 heterocycles. The third-order valence-corrected chi connectivity index (χ3v) is 3.92. The van der Waals surface area contributed by atoms with E-state index in [0.29, 0.717) is 12.3 Å². The molecule has 2 N–H and O–H groups in total. The summed E-state index contributed by atoms with van der Waals surface area (Å²) in [5, 5.41) is 5.53. The number of aryl methyl sites for hydroxylation is 1. The number of rotatable bonds is 6. The zero-order valence-corrected chi connectivity index (χ0v) is 14.4. The number of nitrogens with zero attached hydrogens (tertiary/aromatic N) is 1. The number of carbonyl (C=O) groups excluding carboxylic acids is 2. The van der Waals surface area contributed by atoms with E-state index in [4.69, 9.17) is 4.42 Å². The van der Waals surface area contributed by atoms with Gasteiger partial charge in [-0.1, -0.05) is 30.3 Å². The third-order valence-electron chi connectivity index (χ3n) is 3.92. The van der Waals surface area contributed by atoms with E-state index < -0.39 is 0 Å². The first kappa shape index (κ1) is 17.4. The Bertz CT molecular complexity index is 904. The number of carbonyl (C=O) groups is 2. The molecular weight excluding hydrogens is 330 g/mol. The molecule has 6 heteroatoms. The molecule has 3 rings (SSSR count). The van der Waals surface area contributed by atoms with E-state index in [-0.39, 0.29) is 29.7 Å². The molecule has 26 heavy (non-hydrogen) atoms.